The van der Waals surface area contributed by atoms with Gasteiger partial charge in [0.15, 0.2) is 0 Å². The van der Waals surface area contributed by atoms with Crippen molar-refractivity contribution in [3.63, 3.8) is 0 Å². The fraction of sp³-hybridized carbons (Fsp3) is 0.412. The van der Waals surface area contributed by atoms with E-state index in [1.54, 1.807) is 12.0 Å². The van der Waals surface area contributed by atoms with Gasteiger partial charge in [-0.3, -0.25) is 4.90 Å². The van der Waals surface area contributed by atoms with Crippen molar-refractivity contribution in [1.82, 2.24) is 10.2 Å². The van der Waals surface area contributed by atoms with Gasteiger partial charge in [0.2, 0.25) is 0 Å². The van der Waals surface area contributed by atoms with Crippen molar-refractivity contribution in [1.29, 1.82) is 0 Å². The summed E-state index contributed by atoms with van der Waals surface area (Å²) in [6.45, 7) is 0.845. The molecule has 6 nitrogen and oxygen atoms in total. The van der Waals surface area contributed by atoms with Gasteiger partial charge in [0.25, 0.3) is 0 Å². The zero-order valence-electron chi connectivity index (χ0n) is 12.9. The highest BCUT2D eigenvalue weighted by molar-refractivity contribution is 5.97. The molecule has 1 fully saturated rings. The highest BCUT2D eigenvalue weighted by atomic mass is 16.5. The van der Waals surface area contributed by atoms with E-state index in [-0.39, 0.29) is 18.6 Å². The minimum Gasteiger partial charge on any atom is -0.497 e. The Bertz CT molecular complexity index is 691. The molecule has 1 aromatic carbocycles. The Kier molecular flexibility index (Phi) is 3.25. The zero-order valence-corrected chi connectivity index (χ0v) is 12.9. The van der Waals surface area contributed by atoms with E-state index < -0.39 is 6.04 Å². The van der Waals surface area contributed by atoms with Gasteiger partial charge < -0.3 is 14.8 Å². The van der Waals surface area contributed by atoms with Crippen LogP contribution in [0.25, 0.3) is 0 Å². The first kappa shape index (κ1) is 14.1. The second kappa shape index (κ2) is 5.30. The van der Waals surface area contributed by atoms with Crippen molar-refractivity contribution in [2.75, 3.05) is 20.3 Å². The molecule has 120 valence electrons. The second-order valence-electron chi connectivity index (χ2n) is 6.15. The largest absolute Gasteiger partial charge is 0.497 e. The van der Waals surface area contributed by atoms with E-state index in [1.165, 1.54) is 0 Å². The minimum absolute atomic E-state index is 0.158. The number of benzene rings is 1. The van der Waals surface area contributed by atoms with Crippen LogP contribution in [0.3, 0.4) is 0 Å². The third kappa shape index (κ3) is 2.44. The monoisotopic (exact) mass is 314 g/mol. The van der Waals surface area contributed by atoms with Crippen molar-refractivity contribution in [2.45, 2.75) is 18.9 Å². The van der Waals surface area contributed by atoms with Crippen LogP contribution in [0.15, 0.2) is 35.5 Å². The number of urea groups is 1. The summed E-state index contributed by atoms with van der Waals surface area (Å²) in [6.07, 6.45) is 2.28. The number of ether oxygens (including phenoxy) is 2. The molecule has 0 saturated heterocycles. The fourth-order valence-electron chi connectivity index (χ4n) is 3.11. The van der Waals surface area contributed by atoms with Crippen molar-refractivity contribution in [3.05, 3.63) is 41.1 Å². The number of nitrogens with one attached hydrogen (secondary N) is 1. The molecule has 3 aliphatic rings. The standard InChI is InChI=1S/C17H18N2O4/c1-22-12-6-4-11(5-7-12)15-14-13(9-23-16(14)20)19(17(21)18-15)8-10-2-3-10/h4-7,10,15H,2-3,8-9H2,1H3,(H,18,21)/t15-/m1/s1. The zero-order chi connectivity index (χ0) is 16.0. The number of carbonyl (C=O) groups is 2. The summed E-state index contributed by atoms with van der Waals surface area (Å²) in [5.41, 5.74) is 2.11. The lowest BCUT2D eigenvalue weighted by Gasteiger charge is -2.33. The Morgan fingerprint density at radius 3 is 2.65 bits per heavy atom. The van der Waals surface area contributed by atoms with Gasteiger partial charge in [-0.1, -0.05) is 12.1 Å². The average Bonchev–Trinajstić information content (AvgIpc) is 3.31. The molecule has 0 unspecified atom stereocenters. The summed E-state index contributed by atoms with van der Waals surface area (Å²) in [4.78, 5) is 26.4. The molecule has 1 N–H and O–H groups in total. The van der Waals surface area contributed by atoms with Gasteiger partial charge in [-0.2, -0.15) is 0 Å². The number of hydrogen-bond acceptors (Lipinski definition) is 4. The van der Waals surface area contributed by atoms with Crippen LogP contribution in [0.4, 0.5) is 4.79 Å². The molecule has 0 bridgehead atoms. The topological polar surface area (TPSA) is 67.9 Å². The van der Waals surface area contributed by atoms with Crippen LogP contribution in [-0.2, 0) is 9.53 Å². The van der Waals surface area contributed by atoms with Crippen molar-refractivity contribution >= 4 is 12.0 Å². The van der Waals surface area contributed by atoms with E-state index >= 15 is 0 Å². The summed E-state index contributed by atoms with van der Waals surface area (Å²) in [5, 5.41) is 2.94. The average molecular weight is 314 g/mol. The summed E-state index contributed by atoms with van der Waals surface area (Å²) >= 11 is 0. The Labute approximate surface area is 134 Å². The molecular formula is C17H18N2O4. The molecule has 4 rings (SSSR count). The van der Waals surface area contributed by atoms with E-state index in [0.29, 0.717) is 23.7 Å². The third-order valence-electron chi connectivity index (χ3n) is 4.59. The number of carbonyl (C=O) groups excluding carboxylic acids is 2. The van der Waals surface area contributed by atoms with Crippen molar-refractivity contribution in [3.8, 4) is 5.75 Å². The molecule has 1 aromatic rings. The molecule has 1 aliphatic carbocycles. The SMILES string of the molecule is COc1ccc([C@H]2NC(=O)N(CC3CC3)C3=C2C(=O)OC3)cc1. The quantitative estimate of drug-likeness (QED) is 0.863. The van der Waals surface area contributed by atoms with Crippen LogP contribution in [0, 0.1) is 5.92 Å². The fourth-order valence-corrected chi connectivity index (χ4v) is 3.11. The Morgan fingerprint density at radius 1 is 1.26 bits per heavy atom. The molecule has 2 heterocycles. The molecule has 2 amide bonds. The van der Waals surface area contributed by atoms with Crippen molar-refractivity contribution in [2.24, 2.45) is 5.92 Å². The van der Waals surface area contributed by atoms with Crippen LogP contribution in [-0.4, -0.2) is 37.2 Å². The summed E-state index contributed by atoms with van der Waals surface area (Å²) in [7, 11) is 1.60. The maximum Gasteiger partial charge on any atom is 0.338 e. The molecular weight excluding hydrogens is 296 g/mol. The Morgan fingerprint density at radius 2 is 2.00 bits per heavy atom. The maximum atomic E-state index is 12.5. The van der Waals surface area contributed by atoms with Crippen molar-refractivity contribution < 1.29 is 19.1 Å². The molecule has 6 heteroatoms. The molecule has 23 heavy (non-hydrogen) atoms. The normalized spacial score (nSPS) is 23.5. The number of esters is 1. The van der Waals surface area contributed by atoms with E-state index in [1.807, 2.05) is 24.3 Å². The molecule has 1 atom stereocenters. The van der Waals surface area contributed by atoms with Gasteiger partial charge >= 0.3 is 12.0 Å². The molecule has 0 aromatic heterocycles. The number of hydrogen-bond donors (Lipinski definition) is 1. The van der Waals surface area contributed by atoms with E-state index in [0.717, 1.165) is 24.2 Å². The molecule has 0 radical (unpaired) electrons. The van der Waals surface area contributed by atoms with Gasteiger partial charge in [-0.05, 0) is 36.5 Å². The van der Waals surface area contributed by atoms with Crippen LogP contribution < -0.4 is 10.1 Å². The molecule has 0 spiro atoms. The lowest BCUT2D eigenvalue weighted by Crippen LogP contribution is -2.47. The summed E-state index contributed by atoms with van der Waals surface area (Å²) < 4.78 is 10.4. The first-order valence-electron chi connectivity index (χ1n) is 7.79. The number of methoxy groups -OCH3 is 1. The maximum absolute atomic E-state index is 12.5. The predicted octanol–water partition coefficient (Wildman–Crippen LogP) is 1.98. The highest BCUT2D eigenvalue weighted by Crippen LogP contribution is 2.38. The molecule has 2 aliphatic heterocycles. The van der Waals surface area contributed by atoms with E-state index in [2.05, 4.69) is 5.32 Å². The number of amides is 2. The Balaban J connectivity index is 1.70. The van der Waals surface area contributed by atoms with Gasteiger partial charge in [-0.25, -0.2) is 9.59 Å². The van der Waals surface area contributed by atoms with Gasteiger partial charge in [0.1, 0.15) is 12.4 Å². The smallest absolute Gasteiger partial charge is 0.338 e. The van der Waals surface area contributed by atoms with E-state index in [9.17, 15) is 9.59 Å². The van der Waals surface area contributed by atoms with Crippen LogP contribution in [0.2, 0.25) is 0 Å². The van der Waals surface area contributed by atoms with Crippen LogP contribution >= 0.6 is 0 Å². The van der Waals surface area contributed by atoms with E-state index in [4.69, 9.17) is 9.47 Å². The number of cyclic esters (lactones) is 1. The highest BCUT2D eigenvalue weighted by Gasteiger charge is 2.43. The lowest BCUT2D eigenvalue weighted by atomic mass is 9.95. The summed E-state index contributed by atoms with van der Waals surface area (Å²) in [6, 6.07) is 6.73. The van der Waals surface area contributed by atoms with Gasteiger partial charge in [-0.15, -0.1) is 0 Å². The first-order valence-corrected chi connectivity index (χ1v) is 7.79. The first-order chi connectivity index (χ1) is 11.2. The van der Waals surface area contributed by atoms with Crippen LogP contribution in [0.1, 0.15) is 24.4 Å². The number of nitrogens with zero attached hydrogens (tertiary/aromatic N) is 1. The van der Waals surface area contributed by atoms with Gasteiger partial charge in [0.05, 0.1) is 24.4 Å². The second-order valence-corrected chi connectivity index (χ2v) is 6.15. The van der Waals surface area contributed by atoms with Gasteiger partial charge in [0, 0.05) is 6.54 Å². The molecule has 1 saturated carbocycles. The predicted molar refractivity (Wildman–Crippen MR) is 81.7 cm³/mol. The number of rotatable bonds is 4. The Hall–Kier alpha value is -2.50. The minimum atomic E-state index is -0.464. The van der Waals surface area contributed by atoms with Crippen LogP contribution in [0.5, 0.6) is 5.75 Å². The third-order valence-corrected chi connectivity index (χ3v) is 4.59. The lowest BCUT2D eigenvalue weighted by molar-refractivity contribution is -0.136. The summed E-state index contributed by atoms with van der Waals surface area (Å²) in [5.74, 6) is 0.929.